The van der Waals surface area contributed by atoms with Crippen molar-refractivity contribution in [1.29, 1.82) is 0 Å². The van der Waals surface area contributed by atoms with Crippen LogP contribution in [0.3, 0.4) is 0 Å². The highest BCUT2D eigenvalue weighted by atomic mass is 32.1. The van der Waals surface area contributed by atoms with Gasteiger partial charge in [0.1, 0.15) is 17.2 Å². The Bertz CT molecular complexity index is 1150. The molecule has 0 radical (unpaired) electrons. The SMILES string of the molecule is Cc1ccc(C)c(-n2nc(-c3cccs3)cc2C(=O)Nc2ccccc2F)c1. The van der Waals surface area contributed by atoms with Crippen molar-refractivity contribution < 1.29 is 9.18 Å². The van der Waals surface area contributed by atoms with Gasteiger partial charge in [-0.2, -0.15) is 5.10 Å². The smallest absolute Gasteiger partial charge is 0.274 e. The standard InChI is InChI=1S/C22H18FN3OS/c1-14-9-10-15(2)19(12-14)26-20(13-18(25-26)21-8-5-11-28-21)22(27)24-17-7-4-3-6-16(17)23/h3-13H,1-2H3,(H,24,27). The van der Waals surface area contributed by atoms with E-state index >= 15 is 0 Å². The van der Waals surface area contributed by atoms with Gasteiger partial charge in [-0.05, 0) is 60.7 Å². The number of carbonyl (C=O) groups excluding carboxylic acids is 1. The second-order valence-electron chi connectivity index (χ2n) is 6.53. The third-order valence-electron chi connectivity index (χ3n) is 4.43. The number of aromatic nitrogens is 2. The summed E-state index contributed by atoms with van der Waals surface area (Å²) in [5, 5.41) is 9.30. The number of rotatable bonds is 4. The van der Waals surface area contributed by atoms with Crippen molar-refractivity contribution in [3.05, 3.63) is 88.7 Å². The number of amides is 1. The quantitative estimate of drug-likeness (QED) is 0.492. The second kappa shape index (κ2) is 7.40. The van der Waals surface area contributed by atoms with Crippen LogP contribution >= 0.6 is 11.3 Å². The fourth-order valence-electron chi connectivity index (χ4n) is 2.97. The molecule has 0 aliphatic rings. The molecule has 0 fully saturated rings. The number of thiophene rings is 1. The zero-order chi connectivity index (χ0) is 19.7. The Morgan fingerprint density at radius 3 is 2.64 bits per heavy atom. The van der Waals surface area contributed by atoms with Crippen LogP contribution in [0.2, 0.25) is 0 Å². The summed E-state index contributed by atoms with van der Waals surface area (Å²) in [6, 6.07) is 17.7. The molecule has 28 heavy (non-hydrogen) atoms. The maximum absolute atomic E-state index is 14.0. The van der Waals surface area contributed by atoms with Crippen molar-refractivity contribution in [2.75, 3.05) is 5.32 Å². The largest absolute Gasteiger partial charge is 0.318 e. The average Bonchev–Trinajstić information content (AvgIpc) is 3.35. The number of nitrogens with one attached hydrogen (secondary N) is 1. The molecule has 0 bridgehead atoms. The summed E-state index contributed by atoms with van der Waals surface area (Å²) in [6.45, 7) is 3.96. The molecule has 4 nitrogen and oxygen atoms in total. The highest BCUT2D eigenvalue weighted by Crippen LogP contribution is 2.27. The molecule has 0 saturated carbocycles. The number of halogens is 1. The van der Waals surface area contributed by atoms with Crippen LogP contribution < -0.4 is 5.32 Å². The van der Waals surface area contributed by atoms with E-state index in [0.717, 1.165) is 21.7 Å². The number of benzene rings is 2. The van der Waals surface area contributed by atoms with Crippen molar-refractivity contribution in [3.63, 3.8) is 0 Å². The highest BCUT2D eigenvalue weighted by molar-refractivity contribution is 7.13. The lowest BCUT2D eigenvalue weighted by Crippen LogP contribution is -2.18. The number of carbonyl (C=O) groups is 1. The normalized spacial score (nSPS) is 10.8. The molecule has 2 heterocycles. The van der Waals surface area contributed by atoms with Gasteiger partial charge in [-0.15, -0.1) is 11.3 Å². The van der Waals surface area contributed by atoms with Crippen LogP contribution in [0.5, 0.6) is 0 Å². The number of hydrogen-bond acceptors (Lipinski definition) is 3. The van der Waals surface area contributed by atoms with Crippen LogP contribution in [0.15, 0.2) is 66.0 Å². The molecule has 4 aromatic rings. The lowest BCUT2D eigenvalue weighted by atomic mass is 10.1. The van der Waals surface area contributed by atoms with Crippen molar-refractivity contribution >= 4 is 22.9 Å². The molecule has 4 rings (SSSR count). The number of hydrogen-bond donors (Lipinski definition) is 1. The van der Waals surface area contributed by atoms with Crippen LogP contribution in [0.4, 0.5) is 10.1 Å². The Balaban J connectivity index is 1.82. The number of nitrogens with zero attached hydrogens (tertiary/aromatic N) is 2. The molecular weight excluding hydrogens is 373 g/mol. The molecule has 140 valence electrons. The van der Waals surface area contributed by atoms with Crippen molar-refractivity contribution in [2.24, 2.45) is 0 Å². The first kappa shape index (κ1) is 18.1. The van der Waals surface area contributed by atoms with Gasteiger partial charge in [-0.25, -0.2) is 9.07 Å². The first-order valence-electron chi connectivity index (χ1n) is 8.80. The van der Waals surface area contributed by atoms with E-state index in [9.17, 15) is 9.18 Å². The molecule has 0 aliphatic heterocycles. The maximum atomic E-state index is 14.0. The third kappa shape index (κ3) is 3.46. The molecule has 1 amide bonds. The number of anilines is 1. The van der Waals surface area contributed by atoms with Crippen LogP contribution in [0.25, 0.3) is 16.3 Å². The topological polar surface area (TPSA) is 46.9 Å². The Morgan fingerprint density at radius 2 is 1.89 bits per heavy atom. The average molecular weight is 391 g/mol. The minimum absolute atomic E-state index is 0.138. The van der Waals surface area contributed by atoms with Crippen LogP contribution in [-0.4, -0.2) is 15.7 Å². The predicted molar refractivity (Wildman–Crippen MR) is 111 cm³/mol. The lowest BCUT2D eigenvalue weighted by Gasteiger charge is -2.12. The first-order chi connectivity index (χ1) is 13.5. The zero-order valence-electron chi connectivity index (χ0n) is 15.4. The van der Waals surface area contributed by atoms with E-state index in [2.05, 4.69) is 10.4 Å². The fraction of sp³-hybridized carbons (Fsp3) is 0.0909. The fourth-order valence-corrected chi connectivity index (χ4v) is 3.65. The summed E-state index contributed by atoms with van der Waals surface area (Å²) < 4.78 is 15.6. The van der Waals surface area contributed by atoms with Gasteiger partial charge in [-0.3, -0.25) is 4.79 Å². The maximum Gasteiger partial charge on any atom is 0.274 e. The summed E-state index contributed by atoms with van der Waals surface area (Å²) in [7, 11) is 0. The molecule has 0 aliphatic carbocycles. The van der Waals surface area contributed by atoms with Crippen molar-refractivity contribution in [1.82, 2.24) is 9.78 Å². The molecule has 2 aromatic carbocycles. The monoisotopic (exact) mass is 391 g/mol. The minimum Gasteiger partial charge on any atom is -0.318 e. The molecule has 2 aromatic heterocycles. The van der Waals surface area contributed by atoms with E-state index in [-0.39, 0.29) is 5.69 Å². The second-order valence-corrected chi connectivity index (χ2v) is 7.48. The van der Waals surface area contributed by atoms with Crippen molar-refractivity contribution in [3.8, 4) is 16.3 Å². The molecule has 0 spiro atoms. The Morgan fingerprint density at radius 1 is 1.07 bits per heavy atom. The van der Waals surface area contributed by atoms with Gasteiger partial charge in [-0.1, -0.05) is 30.3 Å². The molecule has 0 atom stereocenters. The van der Waals surface area contributed by atoms with Gasteiger partial charge in [0.05, 0.1) is 16.3 Å². The minimum atomic E-state index is -0.480. The molecule has 6 heteroatoms. The summed E-state index contributed by atoms with van der Waals surface area (Å²) in [5.41, 5.74) is 4.07. The number of aryl methyl sites for hydroxylation is 2. The predicted octanol–water partition coefficient (Wildman–Crippen LogP) is 5.61. The van der Waals surface area contributed by atoms with E-state index in [1.165, 1.54) is 12.1 Å². The summed E-state index contributed by atoms with van der Waals surface area (Å²) in [6.07, 6.45) is 0. The van der Waals surface area contributed by atoms with Gasteiger partial charge < -0.3 is 5.32 Å². The first-order valence-corrected chi connectivity index (χ1v) is 9.68. The van der Waals surface area contributed by atoms with E-state index in [0.29, 0.717) is 11.4 Å². The third-order valence-corrected chi connectivity index (χ3v) is 5.32. The zero-order valence-corrected chi connectivity index (χ0v) is 16.3. The van der Waals surface area contributed by atoms with Crippen molar-refractivity contribution in [2.45, 2.75) is 13.8 Å². The molecular formula is C22H18FN3OS. The Hall–Kier alpha value is -3.25. The van der Waals surface area contributed by atoms with E-state index in [1.807, 2.05) is 49.6 Å². The van der Waals surface area contributed by atoms with Gasteiger partial charge in [0.15, 0.2) is 0 Å². The van der Waals surface area contributed by atoms with Crippen LogP contribution in [0, 0.1) is 19.7 Å². The Labute approximate surface area is 166 Å². The van der Waals surface area contributed by atoms with Gasteiger partial charge in [0.2, 0.25) is 0 Å². The van der Waals surface area contributed by atoms with E-state index < -0.39 is 11.7 Å². The summed E-state index contributed by atoms with van der Waals surface area (Å²) in [5.74, 6) is -0.895. The van der Waals surface area contributed by atoms with Crippen LogP contribution in [0.1, 0.15) is 21.6 Å². The van der Waals surface area contributed by atoms with Gasteiger partial charge in [0, 0.05) is 0 Å². The summed E-state index contributed by atoms with van der Waals surface area (Å²) >= 11 is 1.55. The van der Waals surface area contributed by atoms with E-state index in [1.54, 1.807) is 34.2 Å². The Kier molecular flexibility index (Phi) is 4.79. The number of para-hydroxylation sites is 1. The highest BCUT2D eigenvalue weighted by Gasteiger charge is 2.20. The van der Waals surface area contributed by atoms with E-state index in [4.69, 9.17) is 0 Å². The van der Waals surface area contributed by atoms with Crippen LogP contribution in [-0.2, 0) is 0 Å². The van der Waals surface area contributed by atoms with Gasteiger partial charge >= 0.3 is 0 Å². The lowest BCUT2D eigenvalue weighted by molar-refractivity contribution is 0.101. The summed E-state index contributed by atoms with van der Waals surface area (Å²) in [4.78, 5) is 14.0. The molecule has 1 N–H and O–H groups in total. The van der Waals surface area contributed by atoms with Gasteiger partial charge in [0.25, 0.3) is 5.91 Å². The molecule has 0 saturated heterocycles. The molecule has 0 unspecified atom stereocenters.